The van der Waals surface area contributed by atoms with E-state index >= 15 is 0 Å². The molecule has 25 heavy (non-hydrogen) atoms. The number of benzene rings is 2. The predicted molar refractivity (Wildman–Crippen MR) is 105 cm³/mol. The summed E-state index contributed by atoms with van der Waals surface area (Å²) in [5.41, 5.74) is 1.03. The van der Waals surface area contributed by atoms with Crippen molar-refractivity contribution in [1.82, 2.24) is 0 Å². The topological polar surface area (TPSA) is 66.5 Å². The van der Waals surface area contributed by atoms with Crippen molar-refractivity contribution in [3.63, 3.8) is 0 Å². The van der Waals surface area contributed by atoms with Crippen LogP contribution in [0.25, 0.3) is 0 Å². The Morgan fingerprint density at radius 1 is 1.20 bits per heavy atom. The van der Waals surface area contributed by atoms with Crippen molar-refractivity contribution in [2.45, 2.75) is 17.1 Å². The van der Waals surface area contributed by atoms with Crippen molar-refractivity contribution in [3.05, 3.63) is 53.6 Å². The average Bonchev–Trinajstić information content (AvgIpc) is 2.55. The minimum atomic E-state index is -3.36. The summed E-state index contributed by atoms with van der Waals surface area (Å²) in [5, 5.41) is 3.14. The van der Waals surface area contributed by atoms with E-state index in [-0.39, 0.29) is 11.2 Å². The molecule has 2 aromatic rings. The molecule has 8 heteroatoms. The molecule has 2 aromatic carbocycles. The van der Waals surface area contributed by atoms with Gasteiger partial charge in [0.1, 0.15) is 0 Å². The van der Waals surface area contributed by atoms with E-state index in [4.69, 9.17) is 11.6 Å². The number of anilines is 2. The minimum absolute atomic E-state index is 0.167. The van der Waals surface area contributed by atoms with Gasteiger partial charge >= 0.3 is 0 Å². The van der Waals surface area contributed by atoms with Gasteiger partial charge in [0, 0.05) is 22.7 Å². The molecule has 1 N–H and O–H groups in total. The maximum Gasteiger partial charge on any atom is 0.237 e. The van der Waals surface area contributed by atoms with E-state index in [9.17, 15) is 13.2 Å². The summed E-state index contributed by atoms with van der Waals surface area (Å²) in [6, 6.07) is 14.0. The van der Waals surface area contributed by atoms with Crippen molar-refractivity contribution in [2.24, 2.45) is 0 Å². The number of sulfonamides is 1. The van der Waals surface area contributed by atoms with Crippen LogP contribution < -0.4 is 9.62 Å². The van der Waals surface area contributed by atoms with Crippen LogP contribution in [-0.2, 0) is 14.8 Å². The highest BCUT2D eigenvalue weighted by atomic mass is 35.5. The van der Waals surface area contributed by atoms with Gasteiger partial charge in [0.2, 0.25) is 15.9 Å². The van der Waals surface area contributed by atoms with Gasteiger partial charge in [-0.05, 0) is 49.4 Å². The second kappa shape index (κ2) is 8.12. The minimum Gasteiger partial charge on any atom is -0.325 e. The first-order valence-electron chi connectivity index (χ1n) is 7.44. The number of nitrogens with one attached hydrogen (secondary N) is 1. The Morgan fingerprint density at radius 3 is 2.44 bits per heavy atom. The number of halogens is 1. The molecular weight excluding hydrogens is 380 g/mol. The quantitative estimate of drug-likeness (QED) is 0.750. The lowest BCUT2D eigenvalue weighted by molar-refractivity contribution is -0.115. The molecule has 5 nitrogen and oxygen atoms in total. The number of hydrogen-bond acceptors (Lipinski definition) is 4. The third-order valence-electron chi connectivity index (χ3n) is 3.47. The van der Waals surface area contributed by atoms with Crippen LogP contribution >= 0.6 is 23.4 Å². The van der Waals surface area contributed by atoms with E-state index in [0.717, 1.165) is 15.5 Å². The fraction of sp³-hybridized carbons (Fsp3) is 0.235. The van der Waals surface area contributed by atoms with Gasteiger partial charge < -0.3 is 5.32 Å². The smallest absolute Gasteiger partial charge is 0.237 e. The standard InChI is InChI=1S/C17H19ClN2O3S2/c1-12(24-16-9-7-13(18)8-10-16)17(21)19-14-5-4-6-15(11-14)20(2)25(3,22)23/h4-12H,1-3H3,(H,19,21)/t12-/m0/s1. The number of thioether (sulfide) groups is 1. The summed E-state index contributed by atoms with van der Waals surface area (Å²) in [4.78, 5) is 13.3. The van der Waals surface area contributed by atoms with Crippen LogP contribution in [0.5, 0.6) is 0 Å². The number of carbonyl (C=O) groups is 1. The van der Waals surface area contributed by atoms with Crippen molar-refractivity contribution in [3.8, 4) is 0 Å². The highest BCUT2D eigenvalue weighted by Crippen LogP contribution is 2.26. The van der Waals surface area contributed by atoms with Gasteiger partial charge in [0.05, 0.1) is 17.2 Å². The van der Waals surface area contributed by atoms with Crippen LogP contribution in [0.2, 0.25) is 5.02 Å². The molecule has 0 heterocycles. The zero-order valence-electron chi connectivity index (χ0n) is 14.1. The van der Waals surface area contributed by atoms with Gasteiger partial charge in [-0.1, -0.05) is 17.7 Å². The highest BCUT2D eigenvalue weighted by molar-refractivity contribution is 8.00. The molecule has 0 spiro atoms. The first kappa shape index (κ1) is 19.6. The molecule has 0 bridgehead atoms. The zero-order chi connectivity index (χ0) is 18.6. The third-order valence-corrected chi connectivity index (χ3v) is 6.04. The lowest BCUT2D eigenvalue weighted by Gasteiger charge is -2.18. The van der Waals surface area contributed by atoms with Crippen molar-refractivity contribution in [1.29, 1.82) is 0 Å². The summed E-state index contributed by atoms with van der Waals surface area (Å²) < 4.78 is 24.4. The molecule has 0 radical (unpaired) electrons. The summed E-state index contributed by atoms with van der Waals surface area (Å²) in [6.45, 7) is 1.81. The Bertz CT molecular complexity index is 854. The average molecular weight is 399 g/mol. The third kappa shape index (κ3) is 5.66. The normalized spacial score (nSPS) is 12.5. The predicted octanol–water partition coefficient (Wildman–Crippen LogP) is 3.86. The Balaban J connectivity index is 2.06. The van der Waals surface area contributed by atoms with E-state index in [1.165, 1.54) is 18.8 Å². The number of amides is 1. The maximum atomic E-state index is 12.4. The molecule has 0 unspecified atom stereocenters. The first-order valence-corrected chi connectivity index (χ1v) is 10.5. The van der Waals surface area contributed by atoms with E-state index in [1.807, 2.05) is 12.1 Å². The molecule has 0 aliphatic carbocycles. The Kier molecular flexibility index (Phi) is 6.37. The summed E-state index contributed by atoms with van der Waals surface area (Å²) in [6.07, 6.45) is 1.13. The Hall–Kier alpha value is -1.70. The maximum absolute atomic E-state index is 12.4. The van der Waals surface area contributed by atoms with Crippen LogP contribution in [0.15, 0.2) is 53.4 Å². The fourth-order valence-electron chi connectivity index (χ4n) is 1.99. The zero-order valence-corrected chi connectivity index (χ0v) is 16.5. The molecule has 0 saturated carbocycles. The van der Waals surface area contributed by atoms with E-state index in [2.05, 4.69) is 5.32 Å². The van der Waals surface area contributed by atoms with Gasteiger partial charge in [-0.15, -0.1) is 11.8 Å². The van der Waals surface area contributed by atoms with Crippen LogP contribution in [0.1, 0.15) is 6.92 Å². The second-order valence-corrected chi connectivity index (χ2v) is 9.35. The van der Waals surface area contributed by atoms with Gasteiger partial charge in [0.25, 0.3) is 0 Å². The van der Waals surface area contributed by atoms with Crippen LogP contribution in [0, 0.1) is 0 Å². The molecule has 0 aliphatic heterocycles. The lowest BCUT2D eigenvalue weighted by Crippen LogP contribution is -2.25. The van der Waals surface area contributed by atoms with Gasteiger partial charge in [-0.3, -0.25) is 9.10 Å². The molecule has 1 atom stereocenters. The first-order chi connectivity index (χ1) is 11.7. The molecule has 0 aromatic heterocycles. The number of rotatable bonds is 6. The fourth-order valence-corrected chi connectivity index (χ4v) is 3.48. The largest absolute Gasteiger partial charge is 0.325 e. The van der Waals surface area contributed by atoms with Crippen molar-refractivity contribution in [2.75, 3.05) is 22.9 Å². The molecule has 0 fully saturated rings. The van der Waals surface area contributed by atoms with E-state index < -0.39 is 10.0 Å². The molecule has 134 valence electrons. The van der Waals surface area contributed by atoms with Gasteiger partial charge in [-0.2, -0.15) is 0 Å². The lowest BCUT2D eigenvalue weighted by atomic mass is 10.2. The van der Waals surface area contributed by atoms with Crippen molar-refractivity contribution < 1.29 is 13.2 Å². The number of nitrogens with zero attached hydrogens (tertiary/aromatic N) is 1. The number of carbonyl (C=O) groups excluding carboxylic acids is 1. The second-order valence-electron chi connectivity index (χ2n) is 5.48. The Labute approximate surface area is 157 Å². The van der Waals surface area contributed by atoms with Crippen molar-refractivity contribution >= 4 is 50.7 Å². The molecule has 2 rings (SSSR count). The van der Waals surface area contributed by atoms with E-state index in [0.29, 0.717) is 16.4 Å². The highest BCUT2D eigenvalue weighted by Gasteiger charge is 2.16. The van der Waals surface area contributed by atoms with Crippen LogP contribution in [-0.4, -0.2) is 32.9 Å². The van der Waals surface area contributed by atoms with E-state index in [1.54, 1.807) is 43.3 Å². The molecular formula is C17H19ClN2O3S2. The van der Waals surface area contributed by atoms with Crippen LogP contribution in [0.4, 0.5) is 11.4 Å². The van der Waals surface area contributed by atoms with Gasteiger partial charge in [0.15, 0.2) is 0 Å². The van der Waals surface area contributed by atoms with Crippen LogP contribution in [0.3, 0.4) is 0 Å². The summed E-state index contributed by atoms with van der Waals surface area (Å²) in [5.74, 6) is -0.167. The number of hydrogen-bond donors (Lipinski definition) is 1. The SMILES string of the molecule is C[C@H](Sc1ccc(Cl)cc1)C(=O)Nc1cccc(N(C)S(C)(=O)=O)c1. The molecule has 1 amide bonds. The monoisotopic (exact) mass is 398 g/mol. The molecule has 0 saturated heterocycles. The summed E-state index contributed by atoms with van der Waals surface area (Å²) >= 11 is 7.27. The van der Waals surface area contributed by atoms with Gasteiger partial charge in [-0.25, -0.2) is 8.42 Å². The Morgan fingerprint density at radius 2 is 1.84 bits per heavy atom. The summed E-state index contributed by atoms with van der Waals surface area (Å²) in [7, 11) is -1.89. The molecule has 0 aliphatic rings.